The number of carboxylic acids is 1. The maximum absolute atomic E-state index is 13.3. The molecule has 11 nitrogen and oxygen atoms in total. The maximum Gasteiger partial charge on any atom is 0.350 e. The van der Waals surface area contributed by atoms with Gasteiger partial charge in [0.1, 0.15) is 0 Å². The third kappa shape index (κ3) is 6.11. The first kappa shape index (κ1) is 29.4. The van der Waals surface area contributed by atoms with Crippen LogP contribution in [-0.4, -0.2) is 65.2 Å². The van der Waals surface area contributed by atoms with Crippen molar-refractivity contribution in [3.8, 4) is 0 Å². The number of aliphatic carboxylic acids is 1. The molecular weight excluding hydrogens is 578 g/mol. The quantitative estimate of drug-likeness (QED) is 0.168. The Morgan fingerprint density at radius 1 is 1.27 bits per heavy atom. The third-order valence-electron chi connectivity index (χ3n) is 6.26. The molecular formula is C26H26ClN5O6S2. The van der Waals surface area contributed by atoms with Gasteiger partial charge in [-0.1, -0.05) is 41.6 Å². The van der Waals surface area contributed by atoms with Crippen LogP contribution in [0.15, 0.2) is 46.8 Å². The number of nitrogen functional groups attached to an aromatic ring is 1. The van der Waals surface area contributed by atoms with E-state index in [9.17, 15) is 24.3 Å². The van der Waals surface area contributed by atoms with Gasteiger partial charge < -0.3 is 15.7 Å². The standard InChI is InChI=1S/C26H26ClN5O6S2/c1-13(33)20-16(9-8-14-4-6-15(11-27)7-5-14)12-39-23-17(22(35)32(20)23)10-18(34)19(21-29-25(28)40-31-21)30-38-26(2,3)24(36)37/h4-9,17,23H,10-12H2,1-3H3,(H,36,37)(H2,28,29,31)/b9-8+,30-19+/t17-,23-/m1/s1. The number of Topliss-reactive ketones (excluding diaryl/α,β-unsaturated/α-hetero) is 2. The van der Waals surface area contributed by atoms with Crippen LogP contribution in [0.25, 0.3) is 6.08 Å². The minimum absolute atomic E-state index is 0.0774. The van der Waals surface area contributed by atoms with Crippen LogP contribution in [0.2, 0.25) is 0 Å². The van der Waals surface area contributed by atoms with Gasteiger partial charge in [0.05, 0.1) is 17.0 Å². The van der Waals surface area contributed by atoms with E-state index in [-0.39, 0.29) is 34.8 Å². The number of thioether (sulfide) groups is 1. The molecule has 1 aromatic heterocycles. The highest BCUT2D eigenvalue weighted by Gasteiger charge is 2.53. The predicted octanol–water partition coefficient (Wildman–Crippen LogP) is 3.49. The summed E-state index contributed by atoms with van der Waals surface area (Å²) in [5, 5.41) is 12.7. The molecule has 2 aromatic rings. The average molecular weight is 604 g/mol. The van der Waals surface area contributed by atoms with Crippen LogP contribution in [0.1, 0.15) is 44.1 Å². The van der Waals surface area contributed by atoms with E-state index in [0.29, 0.717) is 22.9 Å². The third-order valence-corrected chi connectivity index (χ3v) is 8.47. The molecule has 0 spiro atoms. The molecule has 0 saturated carbocycles. The number of carbonyl (C=O) groups is 4. The number of aromatic nitrogens is 2. The van der Waals surface area contributed by atoms with Gasteiger partial charge in [0.15, 0.2) is 22.4 Å². The SMILES string of the molecule is CC(=O)C1=C(/C=C/c2ccc(CCl)cc2)CS[C@@H]2[C@H](CC(=O)/C(=N\OC(C)(C)C(=O)O)c3nsc(N)n3)C(=O)N12. The molecule has 2 aliphatic rings. The van der Waals surface area contributed by atoms with Crippen LogP contribution >= 0.6 is 34.9 Å². The summed E-state index contributed by atoms with van der Waals surface area (Å²) in [4.78, 5) is 61.1. The van der Waals surface area contributed by atoms with E-state index in [1.165, 1.54) is 37.4 Å². The zero-order chi connectivity index (χ0) is 29.2. The molecule has 14 heteroatoms. The second-order valence-electron chi connectivity index (χ2n) is 9.59. The summed E-state index contributed by atoms with van der Waals surface area (Å²) in [6.45, 7) is 3.94. The van der Waals surface area contributed by atoms with Gasteiger partial charge in [0.25, 0.3) is 0 Å². The van der Waals surface area contributed by atoms with Crippen molar-refractivity contribution in [1.29, 1.82) is 0 Å². The molecule has 1 aromatic carbocycles. The van der Waals surface area contributed by atoms with Crippen LogP contribution in [0.5, 0.6) is 0 Å². The van der Waals surface area contributed by atoms with Crippen LogP contribution in [0.4, 0.5) is 5.13 Å². The number of allylic oxidation sites excluding steroid dienone is 2. The minimum Gasteiger partial charge on any atom is -0.478 e. The van der Waals surface area contributed by atoms with Crippen LogP contribution in [-0.2, 0) is 29.9 Å². The molecule has 2 atom stereocenters. The van der Waals surface area contributed by atoms with Crippen LogP contribution < -0.4 is 5.73 Å². The number of hydrogen-bond acceptors (Lipinski definition) is 11. The molecule has 2 aliphatic heterocycles. The fourth-order valence-electron chi connectivity index (χ4n) is 4.02. The molecule has 3 N–H and O–H groups in total. The Labute approximate surface area is 243 Å². The molecule has 0 aliphatic carbocycles. The first-order chi connectivity index (χ1) is 18.9. The number of β-lactam (4-membered cyclic amide) rings is 1. The normalized spacial score (nSPS) is 19.4. The first-order valence-corrected chi connectivity index (χ1v) is 14.4. The van der Waals surface area contributed by atoms with Crippen molar-refractivity contribution < 1.29 is 29.1 Å². The molecule has 210 valence electrons. The van der Waals surface area contributed by atoms with Crippen molar-refractivity contribution >= 4 is 75.3 Å². The Hall–Kier alpha value is -3.55. The number of nitrogens with two attached hydrogens (primary N) is 1. The van der Waals surface area contributed by atoms with Gasteiger partial charge in [-0.15, -0.1) is 23.4 Å². The Morgan fingerprint density at radius 3 is 2.55 bits per heavy atom. The molecule has 0 radical (unpaired) electrons. The highest BCUT2D eigenvalue weighted by molar-refractivity contribution is 8.00. The number of hydrogen-bond donors (Lipinski definition) is 2. The van der Waals surface area contributed by atoms with Crippen molar-refractivity contribution in [2.75, 3.05) is 11.5 Å². The second kappa shape index (κ2) is 11.9. The van der Waals surface area contributed by atoms with E-state index in [1.54, 1.807) is 0 Å². The van der Waals surface area contributed by atoms with Gasteiger partial charge in [0, 0.05) is 36.5 Å². The number of rotatable bonds is 11. The van der Waals surface area contributed by atoms with Gasteiger partial charge in [-0.05, 0) is 30.5 Å². The van der Waals surface area contributed by atoms with E-state index in [4.69, 9.17) is 22.2 Å². The Balaban J connectivity index is 1.54. The Morgan fingerprint density at radius 2 is 1.98 bits per heavy atom. The fourth-order valence-corrected chi connectivity index (χ4v) is 6.02. The van der Waals surface area contributed by atoms with Crippen molar-refractivity contribution in [3.63, 3.8) is 0 Å². The first-order valence-electron chi connectivity index (χ1n) is 12.1. The number of benzene rings is 1. The highest BCUT2D eigenvalue weighted by Crippen LogP contribution is 2.45. The number of ketones is 2. The molecule has 0 unspecified atom stereocenters. The van der Waals surface area contributed by atoms with E-state index in [2.05, 4.69) is 14.5 Å². The van der Waals surface area contributed by atoms with Crippen molar-refractivity contribution in [2.45, 2.75) is 44.0 Å². The summed E-state index contributed by atoms with van der Waals surface area (Å²) < 4.78 is 3.99. The fraction of sp³-hybridized carbons (Fsp3) is 0.346. The van der Waals surface area contributed by atoms with Gasteiger partial charge in [-0.3, -0.25) is 19.3 Å². The number of oxime groups is 1. The summed E-state index contributed by atoms with van der Waals surface area (Å²) in [7, 11) is 0. The van der Waals surface area contributed by atoms with E-state index >= 15 is 0 Å². The second-order valence-corrected chi connectivity index (χ2v) is 11.7. The Bertz CT molecular complexity index is 1450. The number of amides is 1. The van der Waals surface area contributed by atoms with Crippen LogP contribution in [0, 0.1) is 5.92 Å². The van der Waals surface area contributed by atoms with Gasteiger partial charge in [-0.2, -0.15) is 9.36 Å². The molecule has 3 heterocycles. The molecule has 1 saturated heterocycles. The van der Waals surface area contributed by atoms with E-state index in [0.717, 1.165) is 22.7 Å². The van der Waals surface area contributed by atoms with Crippen molar-refractivity contribution in [3.05, 3.63) is 58.6 Å². The molecule has 1 amide bonds. The zero-order valence-corrected chi connectivity index (χ0v) is 24.2. The van der Waals surface area contributed by atoms with Crippen LogP contribution in [0.3, 0.4) is 0 Å². The van der Waals surface area contributed by atoms with Gasteiger partial charge in [0.2, 0.25) is 17.3 Å². The minimum atomic E-state index is -1.73. The largest absolute Gasteiger partial charge is 0.478 e. The number of anilines is 1. The molecule has 0 bridgehead atoms. The average Bonchev–Trinajstić information content (AvgIpc) is 3.35. The lowest BCUT2D eigenvalue weighted by atomic mass is 9.88. The zero-order valence-electron chi connectivity index (χ0n) is 21.8. The molecule has 1 fully saturated rings. The number of halogens is 1. The Kier molecular flexibility index (Phi) is 8.76. The summed E-state index contributed by atoms with van der Waals surface area (Å²) in [6, 6.07) is 7.67. The van der Waals surface area contributed by atoms with Crippen molar-refractivity contribution in [1.82, 2.24) is 14.3 Å². The lowest BCUT2D eigenvalue weighted by molar-refractivity contribution is -0.161. The number of alkyl halides is 1. The lowest BCUT2D eigenvalue weighted by Crippen LogP contribution is -2.61. The number of nitrogens with zero attached hydrogens (tertiary/aromatic N) is 4. The van der Waals surface area contributed by atoms with Gasteiger partial charge in [-0.25, -0.2) is 4.79 Å². The maximum atomic E-state index is 13.3. The summed E-state index contributed by atoms with van der Waals surface area (Å²) in [5.74, 6) is -2.50. The summed E-state index contributed by atoms with van der Waals surface area (Å²) in [6.07, 6.45) is 3.44. The van der Waals surface area contributed by atoms with Gasteiger partial charge >= 0.3 is 5.97 Å². The summed E-state index contributed by atoms with van der Waals surface area (Å²) in [5.41, 5.74) is 6.52. The highest BCUT2D eigenvalue weighted by atomic mass is 35.5. The predicted molar refractivity (Wildman–Crippen MR) is 153 cm³/mol. The summed E-state index contributed by atoms with van der Waals surface area (Å²) >= 11 is 8.13. The number of carbonyl (C=O) groups excluding carboxylic acids is 3. The monoisotopic (exact) mass is 603 g/mol. The lowest BCUT2D eigenvalue weighted by Gasteiger charge is -2.49. The van der Waals surface area contributed by atoms with Crippen molar-refractivity contribution in [2.24, 2.45) is 11.1 Å². The smallest absolute Gasteiger partial charge is 0.350 e. The number of fused-ring (bicyclic) bond motifs is 1. The van der Waals surface area contributed by atoms with E-state index < -0.39 is 28.6 Å². The molecule has 4 rings (SSSR count). The number of carboxylic acid groups (broad SMARTS) is 1. The topological polar surface area (TPSA) is 165 Å². The van der Waals surface area contributed by atoms with E-state index in [1.807, 2.05) is 36.4 Å². The molecule has 40 heavy (non-hydrogen) atoms.